The smallest absolute Gasteiger partial charge is 0.346 e. The minimum atomic E-state index is -1.24. The molecule has 0 saturated carbocycles. The zero-order valence-electron chi connectivity index (χ0n) is 25.8. The van der Waals surface area contributed by atoms with Gasteiger partial charge >= 0.3 is 5.97 Å². The first-order chi connectivity index (χ1) is 23.6. The van der Waals surface area contributed by atoms with Gasteiger partial charge in [0.25, 0.3) is 0 Å². The largest absolute Gasteiger partial charge is 0.477 e. The van der Waals surface area contributed by atoms with Crippen LogP contribution in [0.4, 0.5) is 17.1 Å². The van der Waals surface area contributed by atoms with Crippen LogP contribution in [0, 0.1) is 23.2 Å². The van der Waals surface area contributed by atoms with Gasteiger partial charge < -0.3 is 10.0 Å². The number of aliphatic carboxylic acids is 1. The lowest BCUT2D eigenvalue weighted by Crippen LogP contribution is -2.09. The molecule has 226 valence electrons. The van der Waals surface area contributed by atoms with Gasteiger partial charge in [-0.25, -0.2) is 4.79 Å². The van der Waals surface area contributed by atoms with Crippen LogP contribution < -0.4 is 4.90 Å². The molecule has 0 atom stereocenters. The van der Waals surface area contributed by atoms with E-state index >= 15 is 0 Å². The fraction of sp³-hybridized carbons (Fsp3) is 0. The summed E-state index contributed by atoms with van der Waals surface area (Å²) in [5.74, 6) is 5.73. The van der Waals surface area contributed by atoms with E-state index in [4.69, 9.17) is 0 Å². The Balaban J connectivity index is 1.29. The monoisotopic (exact) mass is 616 g/mol. The van der Waals surface area contributed by atoms with Gasteiger partial charge in [-0.3, -0.25) is 0 Å². The average molecular weight is 617 g/mol. The van der Waals surface area contributed by atoms with Gasteiger partial charge in [-0.05, 0) is 92.8 Å². The maximum absolute atomic E-state index is 11.3. The van der Waals surface area contributed by atoms with Crippen LogP contribution in [0.1, 0.15) is 16.7 Å². The van der Waals surface area contributed by atoms with E-state index in [1.807, 2.05) is 84.9 Å². The van der Waals surface area contributed by atoms with Crippen LogP contribution in [-0.4, -0.2) is 11.1 Å². The number of anilines is 3. The van der Waals surface area contributed by atoms with Crippen LogP contribution in [0.25, 0.3) is 38.7 Å². The third kappa shape index (κ3) is 5.90. The van der Waals surface area contributed by atoms with Crippen LogP contribution in [0.3, 0.4) is 0 Å². The van der Waals surface area contributed by atoms with Crippen molar-refractivity contribution in [2.24, 2.45) is 0 Å². The molecule has 0 saturated heterocycles. The third-order valence-corrected chi connectivity index (χ3v) is 8.28. The maximum Gasteiger partial charge on any atom is 0.346 e. The van der Waals surface area contributed by atoms with E-state index in [1.54, 1.807) is 6.07 Å². The van der Waals surface area contributed by atoms with Crippen molar-refractivity contribution in [3.63, 3.8) is 0 Å². The van der Waals surface area contributed by atoms with Crippen LogP contribution in [0.15, 0.2) is 163 Å². The lowest BCUT2D eigenvalue weighted by Gasteiger charge is -2.25. The fourth-order valence-electron chi connectivity index (χ4n) is 6.06. The molecular weight excluding hydrogens is 588 g/mol. The molecule has 0 aliphatic rings. The number of carboxylic acid groups (broad SMARTS) is 1. The number of hydrogen-bond donors (Lipinski definition) is 1. The van der Waals surface area contributed by atoms with Gasteiger partial charge in [-0.1, -0.05) is 121 Å². The number of benzene rings is 7. The standard InChI is InChI=1S/C44H28N2O2/c45-30-34(44(47)48)29-32-19-24-33(25-20-32)43-41-17-9-7-15-38(41)40(39-16-8-10-18-42(39)43)28-23-31-21-26-37(27-22-31)46(35-11-3-1-4-12-35)36-13-5-2-6-14-36/h1-22,24-27,29H,(H,47,48)/b34-29-. The van der Waals surface area contributed by atoms with Gasteiger partial charge in [0.15, 0.2) is 0 Å². The third-order valence-electron chi connectivity index (χ3n) is 8.28. The molecule has 4 heteroatoms. The van der Waals surface area contributed by atoms with Crippen LogP contribution >= 0.6 is 0 Å². The Bertz CT molecular complexity index is 2320. The Hall–Kier alpha value is -6.88. The minimum absolute atomic E-state index is 0.305. The molecule has 0 spiro atoms. The Labute approximate surface area is 279 Å². The molecule has 7 aromatic carbocycles. The Kier molecular flexibility index (Phi) is 8.22. The first-order valence-corrected chi connectivity index (χ1v) is 15.5. The Morgan fingerprint density at radius 3 is 1.54 bits per heavy atom. The van der Waals surface area contributed by atoms with E-state index in [2.05, 4.69) is 89.5 Å². The molecule has 0 aliphatic heterocycles. The second-order valence-corrected chi connectivity index (χ2v) is 11.2. The van der Waals surface area contributed by atoms with Gasteiger partial charge in [0, 0.05) is 28.2 Å². The summed E-state index contributed by atoms with van der Waals surface area (Å²) >= 11 is 0. The maximum atomic E-state index is 11.3. The second-order valence-electron chi connectivity index (χ2n) is 11.2. The molecule has 0 aromatic heterocycles. The summed E-state index contributed by atoms with van der Waals surface area (Å²) < 4.78 is 0. The van der Waals surface area contributed by atoms with Crippen LogP contribution in [0.5, 0.6) is 0 Å². The molecule has 0 bridgehead atoms. The lowest BCUT2D eigenvalue weighted by atomic mass is 9.88. The highest BCUT2D eigenvalue weighted by Crippen LogP contribution is 2.39. The number of hydrogen-bond acceptors (Lipinski definition) is 3. The average Bonchev–Trinajstić information content (AvgIpc) is 3.14. The first kappa shape index (κ1) is 29.8. The molecule has 48 heavy (non-hydrogen) atoms. The molecule has 0 unspecified atom stereocenters. The molecule has 0 radical (unpaired) electrons. The quantitative estimate of drug-likeness (QED) is 0.0874. The van der Waals surface area contributed by atoms with Crippen molar-refractivity contribution in [2.75, 3.05) is 4.90 Å². The highest BCUT2D eigenvalue weighted by atomic mass is 16.4. The summed E-state index contributed by atoms with van der Waals surface area (Å²) in [6, 6.07) is 55.0. The van der Waals surface area contributed by atoms with E-state index in [-0.39, 0.29) is 5.57 Å². The van der Waals surface area contributed by atoms with Gasteiger partial charge in [0.2, 0.25) is 0 Å². The molecule has 1 N–H and O–H groups in total. The van der Waals surface area contributed by atoms with E-state index in [9.17, 15) is 15.2 Å². The zero-order chi connectivity index (χ0) is 32.9. The number of carbonyl (C=O) groups is 1. The molecule has 0 heterocycles. The van der Waals surface area contributed by atoms with Gasteiger partial charge in [0.05, 0.1) is 0 Å². The summed E-state index contributed by atoms with van der Waals surface area (Å²) in [7, 11) is 0. The molecule has 0 amide bonds. The molecule has 7 aromatic rings. The summed E-state index contributed by atoms with van der Waals surface area (Å²) in [5.41, 5.74) is 7.50. The van der Waals surface area contributed by atoms with Crippen molar-refractivity contribution in [1.82, 2.24) is 0 Å². The van der Waals surface area contributed by atoms with Crippen LogP contribution in [-0.2, 0) is 4.79 Å². The Morgan fingerprint density at radius 2 is 1.04 bits per heavy atom. The molecule has 4 nitrogen and oxygen atoms in total. The van der Waals surface area contributed by atoms with E-state index in [0.29, 0.717) is 5.56 Å². The van der Waals surface area contributed by atoms with Gasteiger partial charge in [0.1, 0.15) is 11.6 Å². The molecule has 7 rings (SSSR count). The number of nitrogens with zero attached hydrogens (tertiary/aromatic N) is 2. The Morgan fingerprint density at radius 1 is 0.562 bits per heavy atom. The topological polar surface area (TPSA) is 64.3 Å². The zero-order valence-corrected chi connectivity index (χ0v) is 25.8. The fourth-order valence-corrected chi connectivity index (χ4v) is 6.06. The van der Waals surface area contributed by atoms with Crippen molar-refractivity contribution >= 4 is 50.7 Å². The highest BCUT2D eigenvalue weighted by molar-refractivity contribution is 6.16. The summed E-state index contributed by atoms with van der Waals surface area (Å²) in [5, 5.41) is 22.7. The van der Waals surface area contributed by atoms with E-state index < -0.39 is 5.97 Å². The van der Waals surface area contributed by atoms with Crippen molar-refractivity contribution in [1.29, 1.82) is 5.26 Å². The number of fused-ring (bicyclic) bond motifs is 2. The number of nitriles is 1. The summed E-state index contributed by atoms with van der Waals surface area (Å²) in [6.07, 6.45) is 1.38. The first-order valence-electron chi connectivity index (χ1n) is 15.5. The van der Waals surface area contributed by atoms with Gasteiger partial charge in [-0.2, -0.15) is 5.26 Å². The van der Waals surface area contributed by atoms with Crippen molar-refractivity contribution in [2.45, 2.75) is 0 Å². The van der Waals surface area contributed by atoms with Gasteiger partial charge in [-0.15, -0.1) is 0 Å². The van der Waals surface area contributed by atoms with E-state index in [1.165, 1.54) is 6.08 Å². The molecule has 0 aliphatic carbocycles. The SMILES string of the molecule is N#C/C(=C/c1ccc(-c2c3ccccc3c(C#Cc3ccc(N(c4ccccc4)c4ccccc4)cc3)c3ccccc23)cc1)C(=O)O. The van der Waals surface area contributed by atoms with Crippen molar-refractivity contribution < 1.29 is 9.90 Å². The predicted molar refractivity (Wildman–Crippen MR) is 195 cm³/mol. The second kappa shape index (κ2) is 13.2. The summed E-state index contributed by atoms with van der Waals surface area (Å²) in [6.45, 7) is 0. The lowest BCUT2D eigenvalue weighted by molar-refractivity contribution is -0.132. The van der Waals surface area contributed by atoms with Crippen LogP contribution in [0.2, 0.25) is 0 Å². The van der Waals surface area contributed by atoms with E-state index in [0.717, 1.165) is 60.9 Å². The number of carboxylic acids is 1. The van der Waals surface area contributed by atoms with Crippen molar-refractivity contribution in [3.05, 3.63) is 180 Å². The normalized spacial score (nSPS) is 11.0. The highest BCUT2D eigenvalue weighted by Gasteiger charge is 2.15. The van der Waals surface area contributed by atoms with Crippen molar-refractivity contribution in [3.8, 4) is 29.0 Å². The molecular formula is C44H28N2O2. The number of para-hydroxylation sites is 2. The number of rotatable bonds is 6. The predicted octanol–water partition coefficient (Wildman–Crippen LogP) is 10.5. The molecule has 0 fully saturated rings. The minimum Gasteiger partial charge on any atom is -0.477 e. The summed E-state index contributed by atoms with van der Waals surface area (Å²) in [4.78, 5) is 13.6.